The summed E-state index contributed by atoms with van der Waals surface area (Å²) in [5.74, 6) is 0.134. The molecule has 75 valence electrons. The Morgan fingerprint density at radius 1 is 0.812 bits per heavy atom. The Kier molecular flexibility index (Phi) is 4.74. The number of hydrogen-bond donors (Lipinski definition) is 1. The van der Waals surface area contributed by atoms with Crippen LogP contribution >= 0.6 is 0 Å². The number of rotatable bonds is 2. The predicted molar refractivity (Wildman–Crippen MR) is 63.7 cm³/mol. The van der Waals surface area contributed by atoms with Crippen LogP contribution in [0.1, 0.15) is 15.9 Å². The molecular formula is C13H10NaO2. The van der Waals surface area contributed by atoms with E-state index in [-0.39, 0.29) is 41.1 Å². The Morgan fingerprint density at radius 3 is 1.88 bits per heavy atom. The van der Waals surface area contributed by atoms with Crippen LogP contribution in [0, 0.1) is 0 Å². The molecule has 0 aliphatic carbocycles. The van der Waals surface area contributed by atoms with E-state index in [9.17, 15) is 4.79 Å². The summed E-state index contributed by atoms with van der Waals surface area (Å²) in [6.07, 6.45) is 0. The minimum absolute atomic E-state index is 0. The van der Waals surface area contributed by atoms with Gasteiger partial charge in [0.15, 0.2) is 5.78 Å². The number of ketones is 1. The van der Waals surface area contributed by atoms with Crippen molar-refractivity contribution in [2.24, 2.45) is 0 Å². The maximum Gasteiger partial charge on any atom is 0.193 e. The van der Waals surface area contributed by atoms with Gasteiger partial charge in [0.2, 0.25) is 0 Å². The predicted octanol–water partition coefficient (Wildman–Crippen LogP) is 2.24. The number of phenolic OH excluding ortho intramolecular Hbond substituents is 1. The molecule has 1 radical (unpaired) electrons. The molecule has 0 bridgehead atoms. The van der Waals surface area contributed by atoms with Crippen LogP contribution in [0.25, 0.3) is 0 Å². The number of aromatic hydroxyl groups is 1. The summed E-state index contributed by atoms with van der Waals surface area (Å²) in [7, 11) is 0. The van der Waals surface area contributed by atoms with E-state index in [1.54, 1.807) is 24.3 Å². The van der Waals surface area contributed by atoms with Crippen LogP contribution in [0.15, 0.2) is 54.6 Å². The van der Waals surface area contributed by atoms with Crippen molar-refractivity contribution in [1.29, 1.82) is 0 Å². The molecule has 1 N–H and O–H groups in total. The molecule has 16 heavy (non-hydrogen) atoms. The zero-order valence-electron chi connectivity index (χ0n) is 9.05. The van der Waals surface area contributed by atoms with Gasteiger partial charge in [-0.15, -0.1) is 0 Å². The van der Waals surface area contributed by atoms with Gasteiger partial charge in [-0.3, -0.25) is 4.79 Å². The third kappa shape index (κ3) is 2.95. The van der Waals surface area contributed by atoms with Crippen LogP contribution in [-0.2, 0) is 0 Å². The maximum absolute atomic E-state index is 11.9. The van der Waals surface area contributed by atoms with Crippen LogP contribution in [0.3, 0.4) is 0 Å². The van der Waals surface area contributed by atoms with Crippen LogP contribution in [0.2, 0.25) is 0 Å². The van der Waals surface area contributed by atoms with Gasteiger partial charge in [-0.2, -0.15) is 0 Å². The van der Waals surface area contributed by atoms with E-state index >= 15 is 0 Å². The van der Waals surface area contributed by atoms with Crippen LogP contribution in [0.5, 0.6) is 5.75 Å². The van der Waals surface area contributed by atoms with E-state index in [4.69, 9.17) is 5.11 Å². The summed E-state index contributed by atoms with van der Waals surface area (Å²) in [4.78, 5) is 11.9. The third-order valence-corrected chi connectivity index (χ3v) is 2.17. The first kappa shape index (κ1) is 13.0. The minimum Gasteiger partial charge on any atom is -0.508 e. The molecule has 0 aromatic heterocycles. The van der Waals surface area contributed by atoms with Gasteiger partial charge >= 0.3 is 0 Å². The van der Waals surface area contributed by atoms with E-state index in [1.807, 2.05) is 18.2 Å². The van der Waals surface area contributed by atoms with Gasteiger partial charge in [-0.1, -0.05) is 30.3 Å². The summed E-state index contributed by atoms with van der Waals surface area (Å²) in [6.45, 7) is 0. The zero-order valence-corrected chi connectivity index (χ0v) is 11.1. The molecule has 0 atom stereocenters. The molecule has 0 aliphatic rings. The number of carbonyl (C=O) groups excluding carboxylic acids is 1. The van der Waals surface area contributed by atoms with Gasteiger partial charge in [-0.05, 0) is 24.3 Å². The second-order valence-electron chi connectivity index (χ2n) is 3.24. The topological polar surface area (TPSA) is 37.3 Å². The first-order chi connectivity index (χ1) is 7.27. The fourth-order valence-electron chi connectivity index (χ4n) is 1.37. The molecule has 0 spiro atoms. The average molecular weight is 221 g/mol. The summed E-state index contributed by atoms with van der Waals surface area (Å²) < 4.78 is 0. The molecule has 0 heterocycles. The van der Waals surface area contributed by atoms with Gasteiger partial charge in [0.05, 0.1) is 0 Å². The van der Waals surface area contributed by atoms with Crippen molar-refractivity contribution in [3.63, 3.8) is 0 Å². The molecule has 2 aromatic rings. The van der Waals surface area contributed by atoms with Crippen LogP contribution in [-0.4, -0.2) is 40.4 Å². The minimum atomic E-state index is -0.0319. The van der Waals surface area contributed by atoms with Crippen LogP contribution in [0.4, 0.5) is 0 Å². The molecule has 0 unspecified atom stereocenters. The van der Waals surface area contributed by atoms with Crippen LogP contribution < -0.4 is 0 Å². The first-order valence-electron chi connectivity index (χ1n) is 4.66. The van der Waals surface area contributed by atoms with E-state index in [0.717, 1.165) is 0 Å². The molecule has 0 saturated carbocycles. The number of phenols is 1. The summed E-state index contributed by atoms with van der Waals surface area (Å²) in [6, 6.07) is 15.3. The Balaban J connectivity index is 0.00000128. The molecule has 0 fully saturated rings. The average Bonchev–Trinajstić information content (AvgIpc) is 2.30. The van der Waals surface area contributed by atoms with Gasteiger partial charge < -0.3 is 5.11 Å². The molecular weight excluding hydrogens is 211 g/mol. The second kappa shape index (κ2) is 5.85. The Labute approximate surface area is 116 Å². The summed E-state index contributed by atoms with van der Waals surface area (Å²) >= 11 is 0. The Morgan fingerprint density at radius 2 is 1.31 bits per heavy atom. The van der Waals surface area contributed by atoms with Crippen molar-refractivity contribution in [2.75, 3.05) is 0 Å². The Bertz CT molecular complexity index is 463. The summed E-state index contributed by atoms with van der Waals surface area (Å²) in [5, 5.41) is 9.10. The van der Waals surface area contributed by atoms with Crippen molar-refractivity contribution in [3.8, 4) is 5.75 Å². The quantitative estimate of drug-likeness (QED) is 0.623. The molecule has 0 saturated heterocycles. The normalized spacial score (nSPS) is 9.25. The first-order valence-corrected chi connectivity index (χ1v) is 4.66. The van der Waals surface area contributed by atoms with Crippen molar-refractivity contribution < 1.29 is 9.90 Å². The SMILES string of the molecule is O=C(c1ccccc1)c1ccc(O)cc1.[Na]. The van der Waals surface area contributed by atoms with Crippen molar-refractivity contribution >= 4 is 35.3 Å². The largest absolute Gasteiger partial charge is 0.508 e. The molecule has 2 nitrogen and oxygen atoms in total. The molecule has 2 aromatic carbocycles. The number of hydrogen-bond acceptors (Lipinski definition) is 2. The fraction of sp³-hybridized carbons (Fsp3) is 0. The molecule has 2 rings (SSSR count). The Hall–Kier alpha value is -1.09. The smallest absolute Gasteiger partial charge is 0.193 e. The molecule has 0 amide bonds. The monoisotopic (exact) mass is 221 g/mol. The van der Waals surface area contributed by atoms with Crippen molar-refractivity contribution in [1.82, 2.24) is 0 Å². The van der Waals surface area contributed by atoms with E-state index in [1.165, 1.54) is 12.1 Å². The van der Waals surface area contributed by atoms with Crippen molar-refractivity contribution in [2.45, 2.75) is 0 Å². The summed E-state index contributed by atoms with van der Waals surface area (Å²) in [5.41, 5.74) is 1.24. The number of carbonyl (C=O) groups is 1. The fourth-order valence-corrected chi connectivity index (χ4v) is 1.37. The second-order valence-corrected chi connectivity index (χ2v) is 3.24. The maximum atomic E-state index is 11.9. The zero-order chi connectivity index (χ0) is 10.7. The van der Waals surface area contributed by atoms with E-state index in [2.05, 4.69) is 0 Å². The van der Waals surface area contributed by atoms with Crippen molar-refractivity contribution in [3.05, 3.63) is 65.7 Å². The van der Waals surface area contributed by atoms with E-state index < -0.39 is 0 Å². The third-order valence-electron chi connectivity index (χ3n) is 2.17. The van der Waals surface area contributed by atoms with Gasteiger partial charge in [0.25, 0.3) is 0 Å². The number of benzene rings is 2. The molecule has 0 aliphatic heterocycles. The van der Waals surface area contributed by atoms with E-state index in [0.29, 0.717) is 11.1 Å². The standard InChI is InChI=1S/C13H10O2.Na/c14-12-8-6-11(7-9-12)13(15)10-4-2-1-3-5-10;/h1-9,14H;. The molecule has 3 heteroatoms. The van der Waals surface area contributed by atoms with Gasteiger partial charge in [-0.25, -0.2) is 0 Å². The van der Waals surface area contributed by atoms with Gasteiger partial charge in [0, 0.05) is 40.7 Å². The van der Waals surface area contributed by atoms with Gasteiger partial charge in [0.1, 0.15) is 5.75 Å².